The maximum Gasteiger partial charge on any atom is 0.224 e. The Morgan fingerprint density at radius 1 is 1.19 bits per heavy atom. The molecule has 0 unspecified atom stereocenters. The summed E-state index contributed by atoms with van der Waals surface area (Å²) in [5.41, 5.74) is 4.19. The van der Waals surface area contributed by atoms with Crippen LogP contribution >= 0.6 is 15.9 Å². The number of carbonyl (C=O) groups excluding carboxylic acids is 1. The molecule has 0 aromatic heterocycles. The Morgan fingerprint density at radius 2 is 1.95 bits per heavy atom. The Hall–Kier alpha value is -1.81. The number of hydrogen-bond acceptors (Lipinski definition) is 2. The molecule has 0 spiro atoms. The molecular formula is C17H19BrN2O. The van der Waals surface area contributed by atoms with Gasteiger partial charge in [0.05, 0.1) is 0 Å². The van der Waals surface area contributed by atoms with Crippen LogP contribution in [0.4, 0.5) is 11.4 Å². The molecule has 4 heteroatoms. The molecule has 110 valence electrons. The zero-order valence-electron chi connectivity index (χ0n) is 12.2. The van der Waals surface area contributed by atoms with E-state index in [1.807, 2.05) is 50.2 Å². The molecule has 0 fully saturated rings. The summed E-state index contributed by atoms with van der Waals surface area (Å²) in [4.78, 5) is 11.5. The van der Waals surface area contributed by atoms with E-state index < -0.39 is 0 Å². The zero-order valence-corrected chi connectivity index (χ0v) is 13.8. The van der Waals surface area contributed by atoms with Gasteiger partial charge in [-0.3, -0.25) is 4.79 Å². The summed E-state index contributed by atoms with van der Waals surface area (Å²) >= 11 is 3.55. The topological polar surface area (TPSA) is 41.1 Å². The molecule has 3 nitrogen and oxygen atoms in total. The third-order valence-electron chi connectivity index (χ3n) is 3.27. The fraction of sp³-hybridized carbons (Fsp3) is 0.235. The Morgan fingerprint density at radius 3 is 2.67 bits per heavy atom. The van der Waals surface area contributed by atoms with Crippen LogP contribution in [0, 0.1) is 6.92 Å². The number of aryl methyl sites for hydroxylation is 1. The van der Waals surface area contributed by atoms with Crippen molar-refractivity contribution in [2.75, 3.05) is 10.6 Å². The maximum absolute atomic E-state index is 11.5. The van der Waals surface area contributed by atoms with Crippen LogP contribution in [0.15, 0.2) is 46.9 Å². The average Bonchev–Trinajstić information content (AvgIpc) is 2.49. The van der Waals surface area contributed by atoms with Crippen molar-refractivity contribution in [1.82, 2.24) is 0 Å². The van der Waals surface area contributed by atoms with Crippen LogP contribution in [0.2, 0.25) is 0 Å². The van der Waals surface area contributed by atoms with Crippen molar-refractivity contribution < 1.29 is 4.79 Å². The number of halogens is 1. The van der Waals surface area contributed by atoms with E-state index in [4.69, 9.17) is 0 Å². The molecule has 21 heavy (non-hydrogen) atoms. The van der Waals surface area contributed by atoms with Crippen molar-refractivity contribution in [3.8, 4) is 0 Å². The van der Waals surface area contributed by atoms with Crippen LogP contribution in [0.3, 0.4) is 0 Å². The molecule has 0 heterocycles. The van der Waals surface area contributed by atoms with E-state index in [-0.39, 0.29) is 5.91 Å². The van der Waals surface area contributed by atoms with Gasteiger partial charge in [-0.1, -0.05) is 47.1 Å². The first-order chi connectivity index (χ1) is 10.1. The first kappa shape index (κ1) is 15.6. The molecule has 0 radical (unpaired) electrons. The number of carbonyl (C=O) groups is 1. The van der Waals surface area contributed by atoms with Crippen LogP contribution in [0.25, 0.3) is 0 Å². The van der Waals surface area contributed by atoms with Crippen LogP contribution in [0.1, 0.15) is 24.5 Å². The van der Waals surface area contributed by atoms with Crippen molar-refractivity contribution in [3.63, 3.8) is 0 Å². The number of benzene rings is 2. The molecule has 2 aromatic rings. The Bertz CT molecular complexity index is 640. The van der Waals surface area contributed by atoms with Gasteiger partial charge in [0.15, 0.2) is 0 Å². The number of amides is 1. The van der Waals surface area contributed by atoms with Gasteiger partial charge < -0.3 is 10.6 Å². The largest absolute Gasteiger partial charge is 0.381 e. The minimum absolute atomic E-state index is 0.0237. The van der Waals surface area contributed by atoms with Crippen LogP contribution in [-0.2, 0) is 11.3 Å². The van der Waals surface area contributed by atoms with Gasteiger partial charge in [0.1, 0.15) is 0 Å². The zero-order chi connectivity index (χ0) is 15.2. The van der Waals surface area contributed by atoms with Gasteiger partial charge in [-0.05, 0) is 36.2 Å². The minimum Gasteiger partial charge on any atom is -0.381 e. The highest BCUT2D eigenvalue weighted by atomic mass is 79.9. The number of nitrogens with one attached hydrogen (secondary N) is 2. The summed E-state index contributed by atoms with van der Waals surface area (Å²) in [6, 6.07) is 14.0. The summed E-state index contributed by atoms with van der Waals surface area (Å²) in [5, 5.41) is 6.30. The van der Waals surface area contributed by atoms with Crippen molar-refractivity contribution in [1.29, 1.82) is 0 Å². The van der Waals surface area contributed by atoms with E-state index in [9.17, 15) is 4.79 Å². The van der Waals surface area contributed by atoms with Crippen molar-refractivity contribution in [2.45, 2.75) is 26.8 Å². The predicted octanol–water partition coefficient (Wildman–Crippen LogP) is 4.72. The predicted molar refractivity (Wildman–Crippen MR) is 91.6 cm³/mol. The maximum atomic E-state index is 11.5. The van der Waals surface area contributed by atoms with E-state index in [0.29, 0.717) is 6.42 Å². The lowest BCUT2D eigenvalue weighted by atomic mass is 10.1. The number of rotatable bonds is 5. The molecule has 0 atom stereocenters. The molecule has 0 aliphatic carbocycles. The Balaban J connectivity index is 2.10. The first-order valence-corrected chi connectivity index (χ1v) is 7.77. The third-order valence-corrected chi connectivity index (χ3v) is 4.04. The molecule has 0 saturated carbocycles. The van der Waals surface area contributed by atoms with Crippen LogP contribution in [-0.4, -0.2) is 5.91 Å². The molecule has 0 aliphatic heterocycles. The van der Waals surface area contributed by atoms with E-state index >= 15 is 0 Å². The minimum atomic E-state index is 0.0237. The monoisotopic (exact) mass is 346 g/mol. The molecule has 0 saturated heterocycles. The smallest absolute Gasteiger partial charge is 0.224 e. The van der Waals surface area contributed by atoms with Crippen LogP contribution < -0.4 is 10.6 Å². The van der Waals surface area contributed by atoms with Crippen molar-refractivity contribution >= 4 is 33.2 Å². The molecule has 1 amide bonds. The van der Waals surface area contributed by atoms with Gasteiger partial charge in [-0.2, -0.15) is 0 Å². The second-order valence-electron chi connectivity index (χ2n) is 4.88. The Kier molecular flexibility index (Phi) is 5.39. The summed E-state index contributed by atoms with van der Waals surface area (Å²) in [6.07, 6.45) is 0.480. The van der Waals surface area contributed by atoms with Gasteiger partial charge in [-0.15, -0.1) is 0 Å². The van der Waals surface area contributed by atoms with E-state index in [0.717, 1.165) is 28.0 Å². The molecular weight excluding hydrogens is 328 g/mol. The molecule has 2 aromatic carbocycles. The van der Waals surface area contributed by atoms with Crippen LogP contribution in [0.5, 0.6) is 0 Å². The fourth-order valence-electron chi connectivity index (χ4n) is 1.97. The molecule has 0 bridgehead atoms. The average molecular weight is 347 g/mol. The molecule has 0 aliphatic rings. The lowest BCUT2D eigenvalue weighted by molar-refractivity contribution is -0.115. The highest BCUT2D eigenvalue weighted by Gasteiger charge is 2.04. The number of anilines is 2. The normalized spacial score (nSPS) is 10.2. The summed E-state index contributed by atoms with van der Waals surface area (Å²) in [6.45, 7) is 4.62. The third kappa shape index (κ3) is 4.33. The lowest BCUT2D eigenvalue weighted by Crippen LogP contribution is -2.10. The lowest BCUT2D eigenvalue weighted by Gasteiger charge is -2.13. The summed E-state index contributed by atoms with van der Waals surface area (Å²) in [7, 11) is 0. The second kappa shape index (κ2) is 7.27. The molecule has 2 N–H and O–H groups in total. The highest BCUT2D eigenvalue weighted by Crippen LogP contribution is 2.23. The Labute approximate surface area is 133 Å². The van der Waals surface area contributed by atoms with Crippen molar-refractivity contribution in [2.24, 2.45) is 0 Å². The standard InChI is InChI=1S/C17H19BrN2O/c1-3-17(21)20-14-9-8-12(2)16(10-14)19-11-13-6-4-5-7-15(13)18/h4-10,19H,3,11H2,1-2H3,(H,20,21). The summed E-state index contributed by atoms with van der Waals surface area (Å²) < 4.78 is 1.09. The van der Waals surface area contributed by atoms with Gasteiger partial charge in [0.25, 0.3) is 0 Å². The van der Waals surface area contributed by atoms with E-state index in [1.54, 1.807) is 0 Å². The van der Waals surface area contributed by atoms with Crippen molar-refractivity contribution in [3.05, 3.63) is 58.1 Å². The van der Waals surface area contributed by atoms with Gasteiger partial charge in [0.2, 0.25) is 5.91 Å². The number of hydrogen-bond donors (Lipinski definition) is 2. The second-order valence-corrected chi connectivity index (χ2v) is 5.73. The SMILES string of the molecule is CCC(=O)Nc1ccc(C)c(NCc2ccccc2Br)c1. The van der Waals surface area contributed by atoms with E-state index in [1.165, 1.54) is 5.56 Å². The van der Waals surface area contributed by atoms with E-state index in [2.05, 4.69) is 32.6 Å². The van der Waals surface area contributed by atoms with Gasteiger partial charge in [0, 0.05) is 28.8 Å². The first-order valence-electron chi connectivity index (χ1n) is 6.98. The quantitative estimate of drug-likeness (QED) is 0.822. The van der Waals surface area contributed by atoms with Gasteiger partial charge >= 0.3 is 0 Å². The molecule has 2 rings (SSSR count). The highest BCUT2D eigenvalue weighted by molar-refractivity contribution is 9.10. The van der Waals surface area contributed by atoms with Gasteiger partial charge in [-0.25, -0.2) is 0 Å². The fourth-order valence-corrected chi connectivity index (χ4v) is 2.40. The summed E-state index contributed by atoms with van der Waals surface area (Å²) in [5.74, 6) is 0.0237.